The molecule has 1 fully saturated rings. The summed E-state index contributed by atoms with van der Waals surface area (Å²) in [4.78, 5) is 0. The number of rotatable bonds is 0. The highest BCUT2D eigenvalue weighted by Gasteiger charge is 2.32. The maximum absolute atomic E-state index is 5.26. The van der Waals surface area contributed by atoms with Crippen molar-refractivity contribution in [2.45, 2.75) is 10.5 Å². The molecule has 0 aromatic heterocycles. The molecule has 2 unspecified atom stereocenters. The fourth-order valence-corrected chi connectivity index (χ4v) is 10.0. The van der Waals surface area contributed by atoms with Gasteiger partial charge in [0.1, 0.15) is 10.5 Å². The second-order valence-corrected chi connectivity index (χ2v) is 14.9. The average molecular weight is 236 g/mol. The van der Waals surface area contributed by atoms with E-state index in [9.17, 15) is 0 Å². The predicted octanol–water partition coefficient (Wildman–Crippen LogP) is 1.38. The summed E-state index contributed by atoms with van der Waals surface area (Å²) >= 11 is 10.3. The van der Waals surface area contributed by atoms with Crippen LogP contribution in [0.25, 0.3) is 0 Å². The van der Waals surface area contributed by atoms with Crippen LogP contribution in [0.1, 0.15) is 0 Å². The van der Waals surface area contributed by atoms with Gasteiger partial charge in [-0.1, -0.05) is 33.4 Å². The van der Waals surface area contributed by atoms with Crippen LogP contribution in [0, 0.1) is 24.7 Å². The minimum absolute atomic E-state index is 0.0231. The molecule has 1 rings (SSSR count). The van der Waals surface area contributed by atoms with Crippen molar-refractivity contribution in [3.05, 3.63) is 0 Å². The van der Waals surface area contributed by atoms with Crippen LogP contribution in [-0.2, 0) is 27.6 Å². The Labute approximate surface area is 83.9 Å². The molecule has 0 spiro atoms. The van der Waals surface area contributed by atoms with Gasteiger partial charge in [0.25, 0.3) is 0 Å². The Morgan fingerprint density at radius 1 is 1.09 bits per heavy atom. The summed E-state index contributed by atoms with van der Waals surface area (Å²) in [6.45, 7) is 0. The van der Waals surface area contributed by atoms with Crippen LogP contribution in [0.2, 0.25) is 0 Å². The number of hydrogen-bond acceptors (Lipinski definition) is 4. The van der Waals surface area contributed by atoms with Crippen LogP contribution in [-0.4, -0.2) is 10.5 Å². The molecule has 0 aromatic rings. The molecule has 0 radical (unpaired) electrons. The third kappa shape index (κ3) is 2.27. The molecule has 0 amide bonds. The normalized spacial score (nSPS) is 34.0. The van der Waals surface area contributed by atoms with Crippen molar-refractivity contribution in [2.75, 3.05) is 0 Å². The standard InChI is InChI=1S/C6H4S5/c1-3-5-6(4-2)10-11(7,8)9-5/h1-2,5-6H. The third-order valence-corrected chi connectivity index (χ3v) is 9.82. The lowest BCUT2D eigenvalue weighted by Gasteiger charge is -1.99. The molecule has 0 aliphatic carbocycles. The molecule has 0 aromatic carbocycles. The zero-order chi connectivity index (χ0) is 8.48. The minimum Gasteiger partial charge on any atom is -0.119 e. The van der Waals surface area contributed by atoms with Crippen LogP contribution in [0.5, 0.6) is 0 Å². The van der Waals surface area contributed by atoms with Crippen molar-refractivity contribution in [2.24, 2.45) is 0 Å². The molecule has 2 atom stereocenters. The Morgan fingerprint density at radius 2 is 1.45 bits per heavy atom. The molecule has 1 saturated heterocycles. The van der Waals surface area contributed by atoms with Gasteiger partial charge in [-0.2, -0.15) is 0 Å². The summed E-state index contributed by atoms with van der Waals surface area (Å²) < 4.78 is 0. The molecule has 5 heteroatoms. The van der Waals surface area contributed by atoms with E-state index >= 15 is 0 Å². The van der Waals surface area contributed by atoms with Gasteiger partial charge >= 0.3 is 0 Å². The van der Waals surface area contributed by atoms with E-state index in [1.807, 2.05) is 0 Å². The van der Waals surface area contributed by atoms with Gasteiger partial charge in [-0.05, 0) is 22.4 Å². The summed E-state index contributed by atoms with van der Waals surface area (Å²) in [5.74, 6) is 5.22. The second kappa shape index (κ2) is 3.55. The van der Waals surface area contributed by atoms with Crippen molar-refractivity contribution >= 4 is 49.2 Å². The molecular weight excluding hydrogens is 232 g/mol. The molecule has 11 heavy (non-hydrogen) atoms. The van der Waals surface area contributed by atoms with E-state index < -0.39 is 5.21 Å². The maximum Gasteiger partial charge on any atom is 0.101 e. The Bertz CT molecular complexity index is 297. The highest BCUT2D eigenvalue weighted by Crippen LogP contribution is 2.45. The molecular formula is C6H4S5. The molecule has 0 nitrogen and oxygen atoms in total. The van der Waals surface area contributed by atoms with Crippen molar-refractivity contribution in [1.82, 2.24) is 0 Å². The van der Waals surface area contributed by atoms with E-state index in [1.54, 1.807) is 0 Å². The van der Waals surface area contributed by atoms with Crippen molar-refractivity contribution in [3.63, 3.8) is 0 Å². The lowest BCUT2D eigenvalue weighted by molar-refractivity contribution is 1.19. The van der Waals surface area contributed by atoms with Gasteiger partial charge in [-0.15, -0.1) is 12.8 Å². The molecule has 0 saturated carbocycles. The summed E-state index contributed by atoms with van der Waals surface area (Å²) in [5.41, 5.74) is 0. The smallest absolute Gasteiger partial charge is 0.101 e. The maximum atomic E-state index is 5.26. The average Bonchev–Trinajstić information content (AvgIpc) is 2.25. The van der Waals surface area contributed by atoms with Crippen LogP contribution < -0.4 is 0 Å². The first kappa shape index (κ1) is 9.70. The molecule has 0 N–H and O–H groups in total. The van der Waals surface area contributed by atoms with Crippen LogP contribution in [0.15, 0.2) is 0 Å². The SMILES string of the molecule is C#CC1SS(=S)(=S)SC1C#C. The van der Waals surface area contributed by atoms with Crippen molar-refractivity contribution < 1.29 is 0 Å². The Balaban J connectivity index is 2.91. The van der Waals surface area contributed by atoms with Gasteiger partial charge in [-0.3, -0.25) is 0 Å². The third-order valence-electron chi connectivity index (χ3n) is 1.05. The summed E-state index contributed by atoms with van der Waals surface area (Å²) in [6.07, 6.45) is 10.5. The first-order valence-corrected chi connectivity index (χ1v) is 8.90. The Kier molecular flexibility index (Phi) is 3.13. The zero-order valence-electron chi connectivity index (χ0n) is 5.35. The predicted molar refractivity (Wildman–Crippen MR) is 62.5 cm³/mol. The monoisotopic (exact) mass is 236 g/mol. The first-order valence-electron chi connectivity index (χ1n) is 2.63. The summed E-state index contributed by atoms with van der Waals surface area (Å²) in [6, 6.07) is 0. The van der Waals surface area contributed by atoms with E-state index in [0.717, 1.165) is 0 Å². The quantitative estimate of drug-likeness (QED) is 0.460. The first-order chi connectivity index (χ1) is 5.09. The highest BCUT2D eigenvalue weighted by atomic mass is 33.8. The Morgan fingerprint density at radius 3 is 1.73 bits per heavy atom. The zero-order valence-corrected chi connectivity index (χ0v) is 9.43. The number of terminal acetylenes is 2. The van der Waals surface area contributed by atoms with Gasteiger partial charge in [0.2, 0.25) is 0 Å². The van der Waals surface area contributed by atoms with Crippen LogP contribution in [0.3, 0.4) is 0 Å². The second-order valence-electron chi connectivity index (χ2n) is 1.78. The van der Waals surface area contributed by atoms with Gasteiger partial charge in [-0.25, -0.2) is 0 Å². The minimum atomic E-state index is -1.45. The van der Waals surface area contributed by atoms with Crippen LogP contribution in [0.4, 0.5) is 0 Å². The fourth-order valence-electron chi connectivity index (χ4n) is 0.608. The topological polar surface area (TPSA) is 0 Å². The van der Waals surface area contributed by atoms with Gasteiger partial charge in [0.05, 0.1) is 0 Å². The molecule has 1 heterocycles. The highest BCUT2D eigenvalue weighted by molar-refractivity contribution is 9.25. The van der Waals surface area contributed by atoms with Crippen molar-refractivity contribution in [3.8, 4) is 24.7 Å². The lowest BCUT2D eigenvalue weighted by Crippen LogP contribution is -2.09. The molecule has 1 aliphatic rings. The van der Waals surface area contributed by atoms with Gasteiger partial charge < -0.3 is 0 Å². The van der Waals surface area contributed by atoms with E-state index in [1.165, 1.54) is 21.6 Å². The molecule has 1 aliphatic heterocycles. The van der Waals surface area contributed by atoms with E-state index in [4.69, 9.17) is 35.2 Å². The molecule has 58 valence electrons. The summed E-state index contributed by atoms with van der Waals surface area (Å²) in [7, 11) is 3.00. The van der Waals surface area contributed by atoms with Gasteiger partial charge in [0.15, 0.2) is 0 Å². The van der Waals surface area contributed by atoms with E-state index in [2.05, 4.69) is 11.8 Å². The molecule has 0 bridgehead atoms. The van der Waals surface area contributed by atoms with Crippen LogP contribution >= 0.6 is 21.6 Å². The van der Waals surface area contributed by atoms with E-state index in [0.29, 0.717) is 0 Å². The summed E-state index contributed by atoms with van der Waals surface area (Å²) in [5, 5.41) is -1.41. The van der Waals surface area contributed by atoms with E-state index in [-0.39, 0.29) is 10.5 Å². The largest absolute Gasteiger partial charge is 0.119 e. The fraction of sp³-hybridized carbons (Fsp3) is 0.333. The lowest BCUT2D eigenvalue weighted by atomic mass is 10.3. The Hall–Kier alpha value is 0.610. The van der Waals surface area contributed by atoms with Crippen molar-refractivity contribution in [1.29, 1.82) is 0 Å². The number of hydrogen-bond donors (Lipinski definition) is 0. The van der Waals surface area contributed by atoms with Gasteiger partial charge in [0, 0.05) is 5.21 Å².